The Hall–Kier alpha value is -2.87. The third kappa shape index (κ3) is 4.20. The van der Waals surface area contributed by atoms with Crippen molar-refractivity contribution in [1.29, 1.82) is 0 Å². The summed E-state index contributed by atoms with van der Waals surface area (Å²) in [6.45, 7) is 9.10. The van der Waals surface area contributed by atoms with Crippen molar-refractivity contribution in [2.45, 2.75) is 38.1 Å². The van der Waals surface area contributed by atoms with E-state index in [-0.39, 0.29) is 19.4 Å². The maximum atomic E-state index is 14.6. The molecule has 1 aliphatic heterocycles. The molecule has 2 unspecified atom stereocenters. The number of rotatable bonds is 3. The molecule has 1 aliphatic rings. The molecule has 0 radical (unpaired) electrons. The van der Waals surface area contributed by atoms with Crippen molar-refractivity contribution in [3.8, 4) is 0 Å². The van der Waals surface area contributed by atoms with E-state index in [2.05, 4.69) is 4.85 Å². The molecular weight excluding hydrogens is 331 g/mol. The van der Waals surface area contributed by atoms with Crippen LogP contribution in [0.1, 0.15) is 36.9 Å². The summed E-state index contributed by atoms with van der Waals surface area (Å²) < 4.78 is 20.1. The molecule has 0 spiro atoms. The number of carbonyl (C=O) groups excluding carboxylic acids is 1. The lowest BCUT2D eigenvalue weighted by Gasteiger charge is -2.40. The summed E-state index contributed by atoms with van der Waals surface area (Å²) in [6, 6.07) is 16.0. The second kappa shape index (κ2) is 7.57. The summed E-state index contributed by atoms with van der Waals surface area (Å²) in [7, 11) is 0. The zero-order valence-electron chi connectivity index (χ0n) is 14.7. The Morgan fingerprint density at radius 1 is 1.27 bits per heavy atom. The summed E-state index contributed by atoms with van der Waals surface area (Å²) in [5, 5.41) is 0. The van der Waals surface area contributed by atoms with Crippen LogP contribution in [0.3, 0.4) is 0 Å². The number of hydrogen-bond donors (Lipinski definition) is 0. The van der Waals surface area contributed by atoms with Crippen LogP contribution in [-0.2, 0) is 11.3 Å². The zero-order valence-corrected chi connectivity index (χ0v) is 14.7. The molecule has 1 heterocycles. The van der Waals surface area contributed by atoms with E-state index in [9.17, 15) is 9.18 Å². The van der Waals surface area contributed by atoms with Crippen LogP contribution in [0.5, 0.6) is 0 Å². The Bertz CT molecular complexity index is 797. The average Bonchev–Trinajstić information content (AvgIpc) is 2.66. The van der Waals surface area contributed by atoms with Crippen LogP contribution in [0.2, 0.25) is 0 Å². The van der Waals surface area contributed by atoms with Gasteiger partial charge in [-0.05, 0) is 24.5 Å². The lowest BCUT2D eigenvalue weighted by atomic mass is 9.86. The SMILES string of the molecule is [C-]#[N+]c1ccc(C2CC(C)(F)CCN2C(=O)OCc2ccccc2)cc1. The molecular formula is C21H21FN2O2. The number of halogens is 1. The van der Waals surface area contributed by atoms with E-state index in [0.717, 1.165) is 11.1 Å². The molecule has 0 aliphatic carbocycles. The Morgan fingerprint density at radius 3 is 2.62 bits per heavy atom. The molecule has 2 aromatic carbocycles. The number of likely N-dealkylation sites (tertiary alicyclic amines) is 1. The summed E-state index contributed by atoms with van der Waals surface area (Å²) >= 11 is 0. The minimum Gasteiger partial charge on any atom is -0.445 e. The van der Waals surface area contributed by atoms with E-state index in [4.69, 9.17) is 11.3 Å². The van der Waals surface area contributed by atoms with Crippen molar-refractivity contribution in [3.63, 3.8) is 0 Å². The van der Waals surface area contributed by atoms with Crippen LogP contribution in [-0.4, -0.2) is 23.2 Å². The molecule has 1 amide bonds. The fourth-order valence-electron chi connectivity index (χ4n) is 3.21. The normalized spacial score (nSPS) is 22.5. The van der Waals surface area contributed by atoms with Gasteiger partial charge in [0.15, 0.2) is 5.69 Å². The van der Waals surface area contributed by atoms with Gasteiger partial charge in [-0.3, -0.25) is 0 Å². The molecule has 0 N–H and O–H groups in total. The Morgan fingerprint density at radius 2 is 1.96 bits per heavy atom. The molecule has 134 valence electrons. The van der Waals surface area contributed by atoms with E-state index in [1.165, 1.54) is 0 Å². The zero-order chi connectivity index (χ0) is 18.6. The molecule has 5 heteroatoms. The maximum Gasteiger partial charge on any atom is 0.410 e. The standard InChI is InChI=1S/C21H21FN2O2/c1-21(22)12-13-24(20(25)26-15-16-6-4-3-5-7-16)19(14-21)17-8-10-18(23-2)11-9-17/h3-11,19H,12-15H2,1H3. The lowest BCUT2D eigenvalue weighted by molar-refractivity contribution is 0.0175. The van der Waals surface area contributed by atoms with Crippen LogP contribution in [0.25, 0.3) is 4.85 Å². The first-order valence-electron chi connectivity index (χ1n) is 8.62. The van der Waals surface area contributed by atoms with Gasteiger partial charge in [0.1, 0.15) is 12.3 Å². The van der Waals surface area contributed by atoms with Gasteiger partial charge in [0.25, 0.3) is 0 Å². The molecule has 0 aromatic heterocycles. The van der Waals surface area contributed by atoms with Crippen LogP contribution >= 0.6 is 0 Å². The molecule has 2 atom stereocenters. The Kier molecular flexibility index (Phi) is 5.22. The summed E-state index contributed by atoms with van der Waals surface area (Å²) in [5.41, 5.74) is 0.911. The minimum atomic E-state index is -1.33. The average molecular weight is 352 g/mol. The number of nitrogens with zero attached hydrogens (tertiary/aromatic N) is 2. The molecule has 1 fully saturated rings. The number of ether oxygens (including phenoxy) is 1. The highest BCUT2D eigenvalue weighted by atomic mass is 19.1. The topological polar surface area (TPSA) is 33.9 Å². The fourth-order valence-corrected chi connectivity index (χ4v) is 3.21. The molecule has 26 heavy (non-hydrogen) atoms. The fraction of sp³-hybridized carbons (Fsp3) is 0.333. The van der Waals surface area contributed by atoms with Gasteiger partial charge in [-0.2, -0.15) is 0 Å². The largest absolute Gasteiger partial charge is 0.445 e. The molecule has 3 rings (SSSR count). The van der Waals surface area contributed by atoms with Crippen LogP contribution in [0, 0.1) is 6.57 Å². The monoisotopic (exact) mass is 352 g/mol. The lowest BCUT2D eigenvalue weighted by Crippen LogP contribution is -2.45. The quantitative estimate of drug-likeness (QED) is 0.689. The molecule has 2 aromatic rings. The van der Waals surface area contributed by atoms with Gasteiger partial charge >= 0.3 is 6.09 Å². The first-order chi connectivity index (χ1) is 12.5. The summed E-state index contributed by atoms with van der Waals surface area (Å²) in [4.78, 5) is 17.6. The van der Waals surface area contributed by atoms with Gasteiger partial charge in [-0.1, -0.05) is 54.6 Å². The summed E-state index contributed by atoms with van der Waals surface area (Å²) in [5.74, 6) is 0. The van der Waals surface area contributed by atoms with Gasteiger partial charge in [0.05, 0.1) is 12.6 Å². The van der Waals surface area contributed by atoms with Crippen LogP contribution in [0.4, 0.5) is 14.9 Å². The van der Waals surface area contributed by atoms with Gasteiger partial charge < -0.3 is 9.64 Å². The highest BCUT2D eigenvalue weighted by Crippen LogP contribution is 2.39. The highest BCUT2D eigenvalue weighted by molar-refractivity contribution is 5.68. The van der Waals surface area contributed by atoms with Gasteiger partial charge in [0.2, 0.25) is 0 Å². The highest BCUT2D eigenvalue weighted by Gasteiger charge is 2.40. The van der Waals surface area contributed by atoms with Crippen molar-refractivity contribution in [1.82, 2.24) is 4.90 Å². The Balaban J connectivity index is 1.76. The van der Waals surface area contributed by atoms with E-state index in [1.807, 2.05) is 30.3 Å². The molecule has 0 saturated carbocycles. The number of alkyl halides is 1. The van der Waals surface area contributed by atoms with Crippen molar-refractivity contribution in [3.05, 3.63) is 77.1 Å². The third-order valence-electron chi connectivity index (χ3n) is 4.72. The Labute approximate surface area is 153 Å². The number of amides is 1. The van der Waals surface area contributed by atoms with E-state index in [1.54, 1.807) is 36.1 Å². The first-order valence-corrected chi connectivity index (χ1v) is 8.62. The van der Waals surface area contributed by atoms with Gasteiger partial charge in [-0.25, -0.2) is 14.0 Å². The van der Waals surface area contributed by atoms with Crippen molar-refractivity contribution >= 4 is 11.8 Å². The minimum absolute atomic E-state index is 0.187. The van der Waals surface area contributed by atoms with E-state index >= 15 is 0 Å². The number of hydrogen-bond acceptors (Lipinski definition) is 2. The van der Waals surface area contributed by atoms with E-state index in [0.29, 0.717) is 12.2 Å². The van der Waals surface area contributed by atoms with Gasteiger partial charge in [-0.15, -0.1) is 0 Å². The predicted molar refractivity (Wildman–Crippen MR) is 97.5 cm³/mol. The predicted octanol–water partition coefficient (Wildman–Crippen LogP) is 5.44. The molecule has 4 nitrogen and oxygen atoms in total. The molecule has 0 bridgehead atoms. The van der Waals surface area contributed by atoms with Crippen molar-refractivity contribution < 1.29 is 13.9 Å². The number of carbonyl (C=O) groups is 1. The third-order valence-corrected chi connectivity index (χ3v) is 4.72. The number of piperidine rings is 1. The summed E-state index contributed by atoms with van der Waals surface area (Å²) in [6.07, 6.45) is 0.0538. The van der Waals surface area contributed by atoms with Crippen molar-refractivity contribution in [2.75, 3.05) is 6.54 Å². The van der Waals surface area contributed by atoms with Crippen LogP contribution in [0.15, 0.2) is 54.6 Å². The maximum absolute atomic E-state index is 14.6. The number of benzene rings is 2. The van der Waals surface area contributed by atoms with Crippen molar-refractivity contribution in [2.24, 2.45) is 0 Å². The second-order valence-electron chi connectivity index (χ2n) is 6.82. The smallest absolute Gasteiger partial charge is 0.410 e. The molecule has 1 saturated heterocycles. The second-order valence-corrected chi connectivity index (χ2v) is 6.82. The van der Waals surface area contributed by atoms with Crippen LogP contribution < -0.4 is 0 Å². The van der Waals surface area contributed by atoms with E-state index < -0.39 is 17.8 Å². The first kappa shape index (κ1) is 17.9. The van der Waals surface area contributed by atoms with Gasteiger partial charge in [0, 0.05) is 13.0 Å².